The maximum atomic E-state index is 5.38. The van der Waals surface area contributed by atoms with Gasteiger partial charge < -0.3 is 19.9 Å². The Morgan fingerprint density at radius 3 is 2.87 bits per heavy atom. The lowest BCUT2D eigenvalue weighted by Crippen LogP contribution is -2.43. The van der Waals surface area contributed by atoms with Crippen molar-refractivity contribution in [1.82, 2.24) is 15.3 Å². The number of rotatable bonds is 3. The van der Waals surface area contributed by atoms with Crippen molar-refractivity contribution in [3.63, 3.8) is 0 Å². The second-order valence-electron chi connectivity index (χ2n) is 5.73. The molecule has 5 nitrogen and oxygen atoms in total. The lowest BCUT2D eigenvalue weighted by molar-refractivity contribution is 0.415. The third-order valence-electron chi connectivity index (χ3n) is 4.37. The maximum Gasteiger partial charge on any atom is 0.139 e. The molecule has 0 radical (unpaired) electrons. The molecule has 3 heterocycles. The molecule has 0 spiro atoms. The van der Waals surface area contributed by atoms with Crippen LogP contribution in [0.5, 0.6) is 5.75 Å². The van der Waals surface area contributed by atoms with E-state index >= 15 is 0 Å². The van der Waals surface area contributed by atoms with E-state index in [9.17, 15) is 0 Å². The summed E-state index contributed by atoms with van der Waals surface area (Å²) >= 11 is 0. The normalized spacial score (nSPS) is 15.1. The molecule has 23 heavy (non-hydrogen) atoms. The first-order chi connectivity index (χ1) is 11.4. The molecule has 1 saturated heterocycles. The van der Waals surface area contributed by atoms with E-state index in [2.05, 4.69) is 38.4 Å². The Bertz CT molecular complexity index is 821. The quantitative estimate of drug-likeness (QED) is 0.781. The van der Waals surface area contributed by atoms with Gasteiger partial charge in [-0.2, -0.15) is 0 Å². The number of piperazine rings is 1. The highest BCUT2D eigenvalue weighted by molar-refractivity contribution is 5.98. The van der Waals surface area contributed by atoms with Gasteiger partial charge in [-0.05, 0) is 23.8 Å². The highest BCUT2D eigenvalue weighted by Gasteiger charge is 2.19. The van der Waals surface area contributed by atoms with Gasteiger partial charge in [0, 0.05) is 49.5 Å². The van der Waals surface area contributed by atoms with E-state index in [0.717, 1.165) is 48.7 Å². The van der Waals surface area contributed by atoms with Gasteiger partial charge in [0.1, 0.15) is 11.4 Å². The number of fused-ring (bicyclic) bond motifs is 1. The molecule has 5 heteroatoms. The predicted octanol–water partition coefficient (Wildman–Crippen LogP) is 2.65. The molecule has 1 aromatic carbocycles. The van der Waals surface area contributed by atoms with Gasteiger partial charge in [-0.15, -0.1) is 0 Å². The lowest BCUT2D eigenvalue weighted by atomic mass is 10.0. The van der Waals surface area contributed by atoms with E-state index in [1.54, 1.807) is 7.11 Å². The minimum absolute atomic E-state index is 0.864. The average molecular weight is 308 g/mol. The molecule has 4 rings (SSSR count). The first-order valence-electron chi connectivity index (χ1n) is 7.93. The van der Waals surface area contributed by atoms with Crippen molar-refractivity contribution < 1.29 is 4.74 Å². The largest absolute Gasteiger partial charge is 0.497 e. The number of pyridine rings is 1. The minimum Gasteiger partial charge on any atom is -0.497 e. The van der Waals surface area contributed by atoms with Gasteiger partial charge in [0.2, 0.25) is 0 Å². The number of ether oxygens (including phenoxy) is 1. The van der Waals surface area contributed by atoms with Crippen molar-refractivity contribution in [3.8, 4) is 16.9 Å². The van der Waals surface area contributed by atoms with Crippen LogP contribution in [-0.4, -0.2) is 43.3 Å². The fourth-order valence-electron chi connectivity index (χ4n) is 3.22. The van der Waals surface area contributed by atoms with Gasteiger partial charge in [0.15, 0.2) is 0 Å². The number of H-pyrrole nitrogens is 1. The van der Waals surface area contributed by atoms with Crippen molar-refractivity contribution in [2.24, 2.45) is 0 Å². The second-order valence-corrected chi connectivity index (χ2v) is 5.73. The molecule has 0 unspecified atom stereocenters. The van der Waals surface area contributed by atoms with E-state index in [-0.39, 0.29) is 0 Å². The van der Waals surface area contributed by atoms with Gasteiger partial charge in [-0.1, -0.05) is 12.1 Å². The molecule has 118 valence electrons. The molecule has 0 saturated carbocycles. The second kappa shape index (κ2) is 5.93. The fourth-order valence-corrected chi connectivity index (χ4v) is 3.22. The molecule has 1 aliphatic heterocycles. The molecule has 0 bridgehead atoms. The first kappa shape index (κ1) is 14.1. The van der Waals surface area contributed by atoms with Crippen LogP contribution in [0.15, 0.2) is 42.7 Å². The zero-order valence-electron chi connectivity index (χ0n) is 13.2. The Labute approximate surface area is 135 Å². The summed E-state index contributed by atoms with van der Waals surface area (Å²) in [6.45, 7) is 4.01. The molecule has 1 aliphatic rings. The summed E-state index contributed by atoms with van der Waals surface area (Å²) in [5.74, 6) is 0.864. The van der Waals surface area contributed by atoms with Crippen LogP contribution in [-0.2, 0) is 0 Å². The van der Waals surface area contributed by atoms with E-state index in [0.29, 0.717) is 0 Å². The SMILES string of the molecule is COc1cccc(-c2cnc3[nH]ccc3c2N2CCNCC2)c1. The monoisotopic (exact) mass is 308 g/mol. The summed E-state index contributed by atoms with van der Waals surface area (Å²) in [6, 6.07) is 10.3. The zero-order valence-corrected chi connectivity index (χ0v) is 13.2. The van der Waals surface area contributed by atoms with Crippen molar-refractivity contribution in [2.75, 3.05) is 38.2 Å². The number of benzene rings is 1. The molecule has 2 N–H and O–H groups in total. The molecule has 0 amide bonds. The summed E-state index contributed by atoms with van der Waals surface area (Å²) < 4.78 is 5.38. The number of aromatic nitrogens is 2. The van der Waals surface area contributed by atoms with Crippen LogP contribution < -0.4 is 15.0 Å². The van der Waals surface area contributed by atoms with Crippen LogP contribution in [0.3, 0.4) is 0 Å². The predicted molar refractivity (Wildman–Crippen MR) is 93.2 cm³/mol. The Hall–Kier alpha value is -2.53. The molecule has 3 aromatic rings. The Kier molecular flexibility index (Phi) is 3.63. The van der Waals surface area contributed by atoms with Crippen LogP contribution in [0.4, 0.5) is 5.69 Å². The number of hydrogen-bond donors (Lipinski definition) is 2. The van der Waals surface area contributed by atoms with Gasteiger partial charge in [-0.3, -0.25) is 0 Å². The highest BCUT2D eigenvalue weighted by atomic mass is 16.5. The minimum atomic E-state index is 0.864. The van der Waals surface area contributed by atoms with Crippen molar-refractivity contribution in [1.29, 1.82) is 0 Å². The standard InChI is InChI=1S/C18H20N4O/c1-23-14-4-2-3-13(11-14)16-12-21-18-15(5-6-20-18)17(16)22-9-7-19-8-10-22/h2-6,11-12,19H,7-10H2,1H3,(H,20,21). The molecular weight excluding hydrogens is 288 g/mol. The Morgan fingerprint density at radius 1 is 1.17 bits per heavy atom. The Morgan fingerprint density at radius 2 is 2.04 bits per heavy atom. The van der Waals surface area contributed by atoms with Crippen LogP contribution >= 0.6 is 0 Å². The maximum absolute atomic E-state index is 5.38. The van der Waals surface area contributed by atoms with Crippen molar-refractivity contribution in [2.45, 2.75) is 0 Å². The third-order valence-corrected chi connectivity index (χ3v) is 4.37. The van der Waals surface area contributed by atoms with E-state index in [4.69, 9.17) is 4.74 Å². The molecular formula is C18H20N4O. The molecule has 2 aromatic heterocycles. The number of nitrogens with zero attached hydrogens (tertiary/aromatic N) is 2. The lowest BCUT2D eigenvalue weighted by Gasteiger charge is -2.31. The first-order valence-corrected chi connectivity index (χ1v) is 7.93. The van der Waals surface area contributed by atoms with E-state index in [1.807, 2.05) is 24.5 Å². The van der Waals surface area contributed by atoms with Gasteiger partial charge in [0.05, 0.1) is 12.8 Å². The molecule has 1 fully saturated rings. The summed E-state index contributed by atoms with van der Waals surface area (Å²) in [6.07, 6.45) is 3.92. The van der Waals surface area contributed by atoms with E-state index < -0.39 is 0 Å². The van der Waals surface area contributed by atoms with Gasteiger partial charge in [-0.25, -0.2) is 4.98 Å². The van der Waals surface area contributed by atoms with Crippen LogP contribution in [0, 0.1) is 0 Å². The van der Waals surface area contributed by atoms with Crippen LogP contribution in [0.2, 0.25) is 0 Å². The molecule has 0 aliphatic carbocycles. The van der Waals surface area contributed by atoms with Gasteiger partial charge >= 0.3 is 0 Å². The van der Waals surface area contributed by atoms with Crippen LogP contribution in [0.1, 0.15) is 0 Å². The fraction of sp³-hybridized carbons (Fsp3) is 0.278. The van der Waals surface area contributed by atoms with Gasteiger partial charge in [0.25, 0.3) is 0 Å². The summed E-state index contributed by atoms with van der Waals surface area (Å²) in [7, 11) is 1.70. The zero-order chi connectivity index (χ0) is 15.6. The summed E-state index contributed by atoms with van der Waals surface area (Å²) in [4.78, 5) is 10.3. The number of nitrogens with one attached hydrogen (secondary N) is 2. The summed E-state index contributed by atoms with van der Waals surface area (Å²) in [5, 5.41) is 4.59. The topological polar surface area (TPSA) is 53.2 Å². The number of anilines is 1. The van der Waals surface area contributed by atoms with E-state index in [1.165, 1.54) is 11.1 Å². The average Bonchev–Trinajstić information content (AvgIpc) is 3.10. The van der Waals surface area contributed by atoms with Crippen molar-refractivity contribution >= 4 is 16.7 Å². The number of aromatic amines is 1. The van der Waals surface area contributed by atoms with Crippen molar-refractivity contribution in [3.05, 3.63) is 42.7 Å². The van der Waals surface area contributed by atoms with Crippen LogP contribution in [0.25, 0.3) is 22.2 Å². The highest BCUT2D eigenvalue weighted by Crippen LogP contribution is 2.37. The summed E-state index contributed by atoms with van der Waals surface area (Å²) in [5.41, 5.74) is 4.47. The Balaban J connectivity index is 1.90. The number of hydrogen-bond acceptors (Lipinski definition) is 4. The smallest absolute Gasteiger partial charge is 0.139 e. The molecule has 0 atom stereocenters. The number of methoxy groups -OCH3 is 1. The third kappa shape index (κ3) is 2.53.